The van der Waals surface area contributed by atoms with Crippen LogP contribution in [0.5, 0.6) is 0 Å². The van der Waals surface area contributed by atoms with E-state index < -0.39 is 8.56 Å². The SMILES string of the molecule is CC(C)(C)[Si]1(C(C)(C)C)OC[C@@H]2O[C@H](Sc3ccccc3)[C@H](OCc3ccccc3)[C@H]2O1. The van der Waals surface area contributed by atoms with E-state index >= 15 is 0 Å². The second-order valence-corrected chi connectivity index (χ2v) is 16.7. The number of hydrogen-bond donors (Lipinski definition) is 0. The Morgan fingerprint density at radius 2 is 1.50 bits per heavy atom. The number of hydrogen-bond acceptors (Lipinski definition) is 5. The molecule has 2 aromatic carbocycles. The van der Waals surface area contributed by atoms with Crippen molar-refractivity contribution >= 4 is 20.3 Å². The van der Waals surface area contributed by atoms with Gasteiger partial charge in [-0.3, -0.25) is 0 Å². The summed E-state index contributed by atoms with van der Waals surface area (Å²) >= 11 is 1.71. The van der Waals surface area contributed by atoms with Gasteiger partial charge in [0.2, 0.25) is 0 Å². The van der Waals surface area contributed by atoms with Crippen LogP contribution < -0.4 is 0 Å². The highest BCUT2D eigenvalue weighted by Crippen LogP contribution is 2.56. The molecule has 0 radical (unpaired) electrons. The van der Waals surface area contributed by atoms with Gasteiger partial charge in [-0.2, -0.15) is 0 Å². The van der Waals surface area contributed by atoms with Crippen LogP contribution >= 0.6 is 11.8 Å². The zero-order valence-electron chi connectivity index (χ0n) is 20.0. The Morgan fingerprint density at radius 1 is 0.906 bits per heavy atom. The normalized spacial score (nSPS) is 27.8. The minimum absolute atomic E-state index is 0.0785. The van der Waals surface area contributed by atoms with Crippen LogP contribution in [-0.2, 0) is 24.9 Å². The Bertz CT molecular complexity index is 864. The lowest BCUT2D eigenvalue weighted by molar-refractivity contribution is -0.0800. The summed E-state index contributed by atoms with van der Waals surface area (Å²) in [5.74, 6) is 0. The Morgan fingerprint density at radius 3 is 2.09 bits per heavy atom. The van der Waals surface area contributed by atoms with Gasteiger partial charge in [0.25, 0.3) is 0 Å². The third-order valence-corrected chi connectivity index (χ3v) is 12.6. The molecule has 2 saturated heterocycles. The molecule has 2 fully saturated rings. The minimum Gasteiger partial charge on any atom is -0.391 e. The summed E-state index contributed by atoms with van der Waals surface area (Å²) in [7, 11) is -2.61. The molecule has 174 valence electrons. The van der Waals surface area contributed by atoms with Crippen molar-refractivity contribution in [3.8, 4) is 0 Å². The molecule has 4 atom stereocenters. The number of fused-ring (bicyclic) bond motifs is 1. The Labute approximate surface area is 198 Å². The molecule has 0 unspecified atom stereocenters. The molecule has 6 heteroatoms. The van der Waals surface area contributed by atoms with Gasteiger partial charge < -0.3 is 18.3 Å². The van der Waals surface area contributed by atoms with Crippen molar-refractivity contribution in [2.45, 2.75) is 86.9 Å². The lowest BCUT2D eigenvalue weighted by Gasteiger charge is -2.53. The monoisotopic (exact) mass is 472 g/mol. The maximum absolute atomic E-state index is 7.05. The molecule has 0 aromatic heterocycles. The lowest BCUT2D eigenvalue weighted by Crippen LogP contribution is -2.65. The second kappa shape index (κ2) is 9.24. The fraction of sp³-hybridized carbons (Fsp3) is 0.538. The first kappa shape index (κ1) is 24.0. The van der Waals surface area contributed by atoms with Crippen molar-refractivity contribution in [1.82, 2.24) is 0 Å². The molecule has 0 aliphatic carbocycles. The molecular weight excluding hydrogens is 436 g/mol. The molecule has 2 aromatic rings. The summed E-state index contributed by atoms with van der Waals surface area (Å²) in [4.78, 5) is 1.17. The number of ether oxygens (including phenoxy) is 2. The number of rotatable bonds is 5. The van der Waals surface area contributed by atoms with E-state index in [2.05, 4.69) is 77.9 Å². The Hall–Kier alpha value is -1.15. The lowest BCUT2D eigenvalue weighted by atomic mass is 10.1. The maximum Gasteiger partial charge on any atom is 0.349 e. The summed E-state index contributed by atoms with van der Waals surface area (Å²) in [6.07, 6.45) is -0.438. The molecule has 32 heavy (non-hydrogen) atoms. The average Bonchev–Trinajstić information content (AvgIpc) is 3.08. The van der Waals surface area contributed by atoms with E-state index in [0.717, 1.165) is 5.56 Å². The fourth-order valence-electron chi connectivity index (χ4n) is 4.98. The molecule has 0 amide bonds. The molecule has 2 heterocycles. The van der Waals surface area contributed by atoms with Gasteiger partial charge >= 0.3 is 8.56 Å². The highest BCUT2D eigenvalue weighted by Gasteiger charge is 2.65. The highest BCUT2D eigenvalue weighted by molar-refractivity contribution is 7.99. The van der Waals surface area contributed by atoms with E-state index in [0.29, 0.717) is 13.2 Å². The minimum atomic E-state index is -2.61. The van der Waals surface area contributed by atoms with E-state index in [-0.39, 0.29) is 33.8 Å². The third-order valence-electron chi connectivity index (χ3n) is 6.28. The molecule has 0 bridgehead atoms. The molecule has 4 nitrogen and oxygen atoms in total. The maximum atomic E-state index is 7.05. The van der Waals surface area contributed by atoms with Gasteiger partial charge in [-0.25, -0.2) is 0 Å². The highest BCUT2D eigenvalue weighted by atomic mass is 32.2. The Balaban J connectivity index is 1.62. The van der Waals surface area contributed by atoms with Crippen LogP contribution in [0.3, 0.4) is 0 Å². The van der Waals surface area contributed by atoms with Crippen LogP contribution in [0.1, 0.15) is 47.1 Å². The molecular formula is C26H36O4SSi. The number of thioether (sulfide) groups is 1. The van der Waals surface area contributed by atoms with Gasteiger partial charge in [-0.05, 0) is 17.7 Å². The molecule has 0 spiro atoms. The van der Waals surface area contributed by atoms with Crippen LogP contribution in [0.2, 0.25) is 10.1 Å². The van der Waals surface area contributed by atoms with Crippen LogP contribution in [0, 0.1) is 0 Å². The molecule has 0 saturated carbocycles. The molecule has 2 aliphatic rings. The van der Waals surface area contributed by atoms with Crippen molar-refractivity contribution < 1.29 is 18.3 Å². The fourth-order valence-corrected chi connectivity index (χ4v) is 11.1. The first-order valence-electron chi connectivity index (χ1n) is 11.5. The second-order valence-electron chi connectivity index (χ2n) is 10.7. The largest absolute Gasteiger partial charge is 0.391 e. The molecule has 2 aliphatic heterocycles. The smallest absolute Gasteiger partial charge is 0.349 e. The number of benzene rings is 2. The van der Waals surface area contributed by atoms with Crippen LogP contribution in [0.15, 0.2) is 65.6 Å². The van der Waals surface area contributed by atoms with E-state index in [4.69, 9.17) is 18.3 Å². The molecule has 4 rings (SSSR count). The van der Waals surface area contributed by atoms with Gasteiger partial charge in [0, 0.05) is 15.0 Å². The van der Waals surface area contributed by atoms with Gasteiger partial charge in [0.05, 0.1) is 13.2 Å². The van der Waals surface area contributed by atoms with Crippen LogP contribution in [-0.4, -0.2) is 38.9 Å². The van der Waals surface area contributed by atoms with Crippen molar-refractivity contribution in [3.05, 3.63) is 66.2 Å². The van der Waals surface area contributed by atoms with Crippen molar-refractivity contribution in [1.29, 1.82) is 0 Å². The van der Waals surface area contributed by atoms with Crippen LogP contribution in [0.25, 0.3) is 0 Å². The first-order valence-corrected chi connectivity index (χ1v) is 14.1. The van der Waals surface area contributed by atoms with E-state index in [1.807, 2.05) is 24.3 Å². The van der Waals surface area contributed by atoms with E-state index in [1.165, 1.54) is 4.90 Å². The van der Waals surface area contributed by atoms with Gasteiger partial charge in [-0.1, -0.05) is 102 Å². The third kappa shape index (κ3) is 4.72. The van der Waals surface area contributed by atoms with E-state index in [1.54, 1.807) is 11.8 Å². The average molecular weight is 473 g/mol. The summed E-state index contributed by atoms with van der Waals surface area (Å²) in [6.45, 7) is 14.6. The van der Waals surface area contributed by atoms with Crippen molar-refractivity contribution in [2.24, 2.45) is 0 Å². The summed E-state index contributed by atoms with van der Waals surface area (Å²) in [6, 6.07) is 20.7. The summed E-state index contributed by atoms with van der Waals surface area (Å²) in [5.41, 5.74) is 1.01. The van der Waals surface area contributed by atoms with Crippen LogP contribution in [0.4, 0.5) is 0 Å². The zero-order chi connectivity index (χ0) is 23.0. The predicted octanol–water partition coefficient (Wildman–Crippen LogP) is 6.55. The first-order chi connectivity index (χ1) is 15.1. The summed E-state index contributed by atoms with van der Waals surface area (Å²) in [5, 5.41) is -0.157. The Kier molecular flexibility index (Phi) is 6.93. The zero-order valence-corrected chi connectivity index (χ0v) is 21.9. The van der Waals surface area contributed by atoms with Crippen molar-refractivity contribution in [3.63, 3.8) is 0 Å². The standard InChI is InChI=1S/C26H36O4SSi/c1-25(2,3)32(26(4,5)6)28-18-21-22(30-32)23(27-17-19-13-9-7-10-14-19)24(29-21)31-20-15-11-8-12-16-20/h7-16,21-24H,17-18H2,1-6H3/t21-,22-,23+,24+/m0/s1. The van der Waals surface area contributed by atoms with Gasteiger partial charge in [0.15, 0.2) is 0 Å². The molecule has 0 N–H and O–H groups in total. The summed E-state index contributed by atoms with van der Waals surface area (Å²) < 4.78 is 26.8. The van der Waals surface area contributed by atoms with Gasteiger partial charge in [0.1, 0.15) is 23.7 Å². The van der Waals surface area contributed by atoms with E-state index in [9.17, 15) is 0 Å². The quantitative estimate of drug-likeness (QED) is 0.461. The predicted molar refractivity (Wildman–Crippen MR) is 132 cm³/mol. The topological polar surface area (TPSA) is 36.9 Å². The van der Waals surface area contributed by atoms with Crippen molar-refractivity contribution in [2.75, 3.05) is 6.61 Å². The van der Waals surface area contributed by atoms with Gasteiger partial charge in [-0.15, -0.1) is 0 Å².